The fourth-order valence-electron chi connectivity index (χ4n) is 3.23. The number of pyridine rings is 1. The molecule has 7 heteroatoms. The molecule has 3 aromatic heterocycles. The summed E-state index contributed by atoms with van der Waals surface area (Å²) in [5, 5.41) is 20.7. The first-order chi connectivity index (χ1) is 12.6. The van der Waals surface area contributed by atoms with Gasteiger partial charge in [0.1, 0.15) is 17.2 Å². The minimum Gasteiger partial charge on any atom is -0.494 e. The molecule has 3 N–H and O–H groups in total. The average Bonchev–Trinajstić information content (AvgIpc) is 3.16. The lowest BCUT2D eigenvalue weighted by molar-refractivity contribution is 0.421. The van der Waals surface area contributed by atoms with Crippen LogP contribution in [0.1, 0.15) is 19.0 Å². The molecule has 0 unspecified atom stereocenters. The number of benzene rings is 1. The van der Waals surface area contributed by atoms with Gasteiger partial charge in [-0.25, -0.2) is 9.67 Å². The summed E-state index contributed by atoms with van der Waals surface area (Å²) in [5.74, 6) is 0.709. The van der Waals surface area contributed by atoms with Crippen LogP contribution in [0, 0.1) is 6.92 Å². The van der Waals surface area contributed by atoms with E-state index in [1.807, 2.05) is 48.0 Å². The number of nitrogen functional groups attached to an aromatic ring is 1. The normalized spacial score (nSPS) is 11.3. The van der Waals surface area contributed by atoms with Crippen molar-refractivity contribution in [1.82, 2.24) is 24.5 Å². The van der Waals surface area contributed by atoms with E-state index in [9.17, 15) is 5.11 Å². The van der Waals surface area contributed by atoms with Gasteiger partial charge in [-0.2, -0.15) is 0 Å². The Hall–Kier alpha value is -3.35. The highest BCUT2D eigenvalue weighted by Crippen LogP contribution is 2.32. The van der Waals surface area contributed by atoms with Gasteiger partial charge in [-0.05, 0) is 37.6 Å². The molecule has 7 nitrogen and oxygen atoms in total. The Morgan fingerprint density at radius 3 is 2.85 bits per heavy atom. The molecular weight excluding hydrogens is 328 g/mol. The van der Waals surface area contributed by atoms with Crippen molar-refractivity contribution in [1.29, 1.82) is 0 Å². The summed E-state index contributed by atoms with van der Waals surface area (Å²) in [6, 6.07) is 9.57. The van der Waals surface area contributed by atoms with Gasteiger partial charge in [0.05, 0.1) is 5.69 Å². The van der Waals surface area contributed by atoms with E-state index in [-0.39, 0.29) is 0 Å². The van der Waals surface area contributed by atoms with Crippen LogP contribution in [0.3, 0.4) is 0 Å². The first-order valence-electron chi connectivity index (χ1n) is 8.55. The highest BCUT2D eigenvalue weighted by atomic mass is 16.3. The molecule has 0 amide bonds. The van der Waals surface area contributed by atoms with Crippen molar-refractivity contribution in [3.05, 3.63) is 48.4 Å². The largest absolute Gasteiger partial charge is 0.494 e. The van der Waals surface area contributed by atoms with Crippen molar-refractivity contribution in [2.24, 2.45) is 0 Å². The molecule has 0 spiro atoms. The van der Waals surface area contributed by atoms with Crippen LogP contribution in [0.15, 0.2) is 42.7 Å². The molecule has 0 aliphatic heterocycles. The molecule has 4 rings (SSSR count). The quantitative estimate of drug-likeness (QED) is 0.590. The fourth-order valence-corrected chi connectivity index (χ4v) is 3.23. The average molecular weight is 348 g/mol. The fraction of sp³-hybridized carbons (Fsp3) is 0.211. The lowest BCUT2D eigenvalue weighted by Crippen LogP contribution is -2.04. The Labute approximate surface area is 150 Å². The minimum atomic E-state index is 0.303. The van der Waals surface area contributed by atoms with Gasteiger partial charge in [-0.3, -0.25) is 0 Å². The van der Waals surface area contributed by atoms with E-state index in [1.165, 1.54) is 0 Å². The third kappa shape index (κ3) is 2.48. The van der Waals surface area contributed by atoms with Gasteiger partial charge in [0.2, 0.25) is 0 Å². The van der Waals surface area contributed by atoms with Crippen molar-refractivity contribution in [3.63, 3.8) is 0 Å². The SMILES string of the molecule is CCCn1cc2cc(-c3nnn(-c4cccnc4N)c3C)ccc2c1O. The molecule has 3 heterocycles. The molecular formula is C19H20N6O. The van der Waals surface area contributed by atoms with Gasteiger partial charge >= 0.3 is 0 Å². The van der Waals surface area contributed by atoms with Crippen molar-refractivity contribution in [3.8, 4) is 22.8 Å². The second-order valence-corrected chi connectivity index (χ2v) is 6.29. The number of aryl methyl sites for hydroxylation is 1. The van der Waals surface area contributed by atoms with Crippen LogP contribution in [-0.4, -0.2) is 29.7 Å². The number of hydrogen-bond acceptors (Lipinski definition) is 5. The van der Waals surface area contributed by atoms with Crippen molar-refractivity contribution in [2.75, 3.05) is 5.73 Å². The number of fused-ring (bicyclic) bond motifs is 1. The number of nitrogens with zero attached hydrogens (tertiary/aromatic N) is 5. The monoisotopic (exact) mass is 348 g/mol. The summed E-state index contributed by atoms with van der Waals surface area (Å²) in [6.07, 6.45) is 4.57. The van der Waals surface area contributed by atoms with Crippen molar-refractivity contribution < 1.29 is 5.11 Å². The van der Waals surface area contributed by atoms with Gasteiger partial charge in [-0.15, -0.1) is 5.10 Å². The maximum absolute atomic E-state index is 10.3. The van der Waals surface area contributed by atoms with E-state index in [2.05, 4.69) is 22.2 Å². The number of aromatic hydroxyl groups is 1. The second kappa shape index (κ2) is 6.18. The van der Waals surface area contributed by atoms with E-state index < -0.39 is 0 Å². The van der Waals surface area contributed by atoms with Crippen LogP contribution in [-0.2, 0) is 6.54 Å². The van der Waals surface area contributed by atoms with Crippen LogP contribution in [0.2, 0.25) is 0 Å². The highest BCUT2D eigenvalue weighted by molar-refractivity contribution is 5.91. The molecule has 132 valence electrons. The summed E-state index contributed by atoms with van der Waals surface area (Å²) in [5.41, 5.74) is 9.26. The van der Waals surface area contributed by atoms with Crippen molar-refractivity contribution >= 4 is 16.6 Å². The molecule has 0 radical (unpaired) electrons. The maximum Gasteiger partial charge on any atom is 0.199 e. The summed E-state index contributed by atoms with van der Waals surface area (Å²) in [7, 11) is 0. The van der Waals surface area contributed by atoms with E-state index in [0.29, 0.717) is 17.4 Å². The number of aromatic nitrogens is 5. The van der Waals surface area contributed by atoms with Crippen molar-refractivity contribution in [2.45, 2.75) is 26.8 Å². The molecule has 1 aromatic carbocycles. The molecule has 4 aromatic rings. The third-order valence-electron chi connectivity index (χ3n) is 4.54. The topological polar surface area (TPSA) is 94.8 Å². The zero-order valence-electron chi connectivity index (χ0n) is 14.7. The Bertz CT molecular complexity index is 1090. The van der Waals surface area contributed by atoms with E-state index in [1.54, 1.807) is 10.9 Å². The Kier molecular flexibility index (Phi) is 3.84. The summed E-state index contributed by atoms with van der Waals surface area (Å²) in [6.45, 7) is 4.82. The molecule has 0 saturated carbocycles. The van der Waals surface area contributed by atoms with Crippen LogP contribution in [0.5, 0.6) is 5.88 Å². The van der Waals surface area contributed by atoms with E-state index in [4.69, 9.17) is 5.73 Å². The Morgan fingerprint density at radius 1 is 1.23 bits per heavy atom. The second-order valence-electron chi connectivity index (χ2n) is 6.29. The van der Waals surface area contributed by atoms with Crippen LogP contribution < -0.4 is 5.73 Å². The molecule has 0 aliphatic rings. The summed E-state index contributed by atoms with van der Waals surface area (Å²) < 4.78 is 3.57. The number of nitrogens with two attached hydrogens (primary N) is 1. The molecule has 0 atom stereocenters. The van der Waals surface area contributed by atoms with Gasteiger partial charge in [-0.1, -0.05) is 18.2 Å². The Morgan fingerprint density at radius 2 is 2.08 bits per heavy atom. The summed E-state index contributed by atoms with van der Waals surface area (Å²) >= 11 is 0. The lowest BCUT2D eigenvalue weighted by atomic mass is 10.1. The minimum absolute atomic E-state index is 0.303. The first-order valence-corrected chi connectivity index (χ1v) is 8.55. The zero-order valence-corrected chi connectivity index (χ0v) is 14.7. The van der Waals surface area contributed by atoms with Gasteiger partial charge in [0.15, 0.2) is 5.88 Å². The highest BCUT2D eigenvalue weighted by Gasteiger charge is 2.16. The van der Waals surface area contributed by atoms with Gasteiger partial charge in [0, 0.05) is 35.3 Å². The molecule has 0 aliphatic carbocycles. The molecule has 0 saturated heterocycles. The number of hydrogen-bond donors (Lipinski definition) is 2. The van der Waals surface area contributed by atoms with Gasteiger partial charge < -0.3 is 15.4 Å². The lowest BCUT2D eigenvalue weighted by Gasteiger charge is -2.06. The third-order valence-corrected chi connectivity index (χ3v) is 4.54. The maximum atomic E-state index is 10.3. The predicted molar refractivity (Wildman–Crippen MR) is 101 cm³/mol. The molecule has 0 bridgehead atoms. The first kappa shape index (κ1) is 16.1. The molecule has 0 fully saturated rings. The van der Waals surface area contributed by atoms with Crippen LogP contribution in [0.25, 0.3) is 27.7 Å². The predicted octanol–water partition coefficient (Wildman–Crippen LogP) is 3.29. The van der Waals surface area contributed by atoms with Gasteiger partial charge in [0.25, 0.3) is 0 Å². The molecule has 26 heavy (non-hydrogen) atoms. The smallest absolute Gasteiger partial charge is 0.199 e. The van der Waals surface area contributed by atoms with Crippen LogP contribution in [0.4, 0.5) is 5.82 Å². The number of rotatable bonds is 4. The summed E-state index contributed by atoms with van der Waals surface area (Å²) in [4.78, 5) is 4.11. The number of anilines is 1. The standard InChI is InChI=1S/C19H20N6O/c1-3-9-24-11-14-10-13(6-7-15(14)19(24)26)17-12(2)25(23-22-17)16-5-4-8-21-18(16)20/h4-8,10-11,26H,3,9H2,1-2H3,(H2,20,21). The van der Waals surface area contributed by atoms with Crippen LogP contribution >= 0.6 is 0 Å². The Balaban J connectivity index is 1.80. The van der Waals surface area contributed by atoms with E-state index in [0.717, 1.165) is 40.7 Å². The van der Waals surface area contributed by atoms with E-state index >= 15 is 0 Å². The zero-order chi connectivity index (χ0) is 18.3.